The number of carbonyl (C=O) groups is 2. The first-order valence-corrected chi connectivity index (χ1v) is 10.0. The number of aromatic nitrogens is 1. The second-order valence-corrected chi connectivity index (χ2v) is 7.44. The minimum Gasteiger partial charge on any atom is -0.497 e. The van der Waals surface area contributed by atoms with E-state index in [1.807, 2.05) is 36.6 Å². The molecule has 0 radical (unpaired) electrons. The number of nitrogens with zero attached hydrogens (tertiary/aromatic N) is 1. The van der Waals surface area contributed by atoms with Gasteiger partial charge < -0.3 is 14.8 Å². The van der Waals surface area contributed by atoms with Crippen molar-refractivity contribution in [2.45, 2.75) is 26.4 Å². The topological polar surface area (TPSA) is 77.5 Å². The van der Waals surface area contributed by atoms with Gasteiger partial charge in [0, 0.05) is 11.8 Å². The highest BCUT2D eigenvalue weighted by molar-refractivity contribution is 7.09. The number of benzene rings is 2. The van der Waals surface area contributed by atoms with Crippen molar-refractivity contribution in [1.82, 2.24) is 4.98 Å². The molecular formula is C22H22N2O4S. The van der Waals surface area contributed by atoms with Crippen LogP contribution in [0.2, 0.25) is 0 Å². The van der Waals surface area contributed by atoms with Crippen LogP contribution in [0.4, 0.5) is 5.69 Å². The molecule has 0 aliphatic carbocycles. The fourth-order valence-electron chi connectivity index (χ4n) is 2.72. The summed E-state index contributed by atoms with van der Waals surface area (Å²) in [6.07, 6.45) is 0.888. The highest BCUT2D eigenvalue weighted by Gasteiger charge is 2.15. The van der Waals surface area contributed by atoms with Crippen LogP contribution in [0.3, 0.4) is 0 Å². The number of nitrogens with one attached hydrogen (secondary N) is 1. The Balaban J connectivity index is 1.57. The summed E-state index contributed by atoms with van der Waals surface area (Å²) < 4.78 is 10.5. The van der Waals surface area contributed by atoms with E-state index < -0.39 is 5.97 Å². The fourth-order valence-corrected chi connectivity index (χ4v) is 3.32. The molecule has 0 aliphatic heterocycles. The molecule has 0 saturated carbocycles. The summed E-state index contributed by atoms with van der Waals surface area (Å²) in [7, 11) is 1.61. The zero-order chi connectivity index (χ0) is 20.6. The first-order valence-electron chi connectivity index (χ1n) is 9.15. The molecule has 29 heavy (non-hydrogen) atoms. The molecule has 1 aromatic heterocycles. The first kappa shape index (κ1) is 20.5. The van der Waals surface area contributed by atoms with Gasteiger partial charge in [-0.1, -0.05) is 24.3 Å². The highest BCUT2D eigenvalue weighted by Crippen LogP contribution is 2.19. The molecule has 1 N–H and O–H groups in total. The van der Waals surface area contributed by atoms with Gasteiger partial charge in [-0.05, 0) is 43.2 Å². The predicted octanol–water partition coefficient (Wildman–Crippen LogP) is 4.39. The molecule has 3 aromatic rings. The van der Waals surface area contributed by atoms with Gasteiger partial charge in [0.1, 0.15) is 12.4 Å². The average Bonchev–Trinajstić information content (AvgIpc) is 3.16. The van der Waals surface area contributed by atoms with Crippen molar-refractivity contribution >= 4 is 28.9 Å². The molecule has 0 atom stereocenters. The van der Waals surface area contributed by atoms with Crippen molar-refractivity contribution in [2.75, 3.05) is 12.4 Å². The lowest BCUT2D eigenvalue weighted by molar-refractivity contribution is -0.116. The molecule has 6 nitrogen and oxygen atoms in total. The SMILES string of the molecule is COc1ccc(CCC(=O)Nc2ccccc2C(=O)OCc2csc(C)n2)cc1. The average molecular weight is 410 g/mol. The van der Waals surface area contributed by atoms with Gasteiger partial charge in [-0.15, -0.1) is 11.3 Å². The number of methoxy groups -OCH3 is 1. The molecule has 0 saturated heterocycles. The second kappa shape index (κ2) is 9.84. The maximum Gasteiger partial charge on any atom is 0.340 e. The first-order chi connectivity index (χ1) is 14.0. The number of para-hydroxylation sites is 1. The molecule has 0 fully saturated rings. The zero-order valence-corrected chi connectivity index (χ0v) is 17.1. The van der Waals surface area contributed by atoms with Gasteiger partial charge in [0.05, 0.1) is 29.1 Å². The van der Waals surface area contributed by atoms with E-state index in [-0.39, 0.29) is 12.5 Å². The minimum absolute atomic E-state index is 0.100. The Morgan fingerprint density at radius 1 is 1.10 bits per heavy atom. The van der Waals surface area contributed by atoms with Crippen molar-refractivity contribution in [3.63, 3.8) is 0 Å². The van der Waals surface area contributed by atoms with Crippen molar-refractivity contribution in [3.8, 4) is 5.75 Å². The number of aryl methyl sites for hydroxylation is 2. The molecule has 3 rings (SSSR count). The molecule has 7 heteroatoms. The normalized spacial score (nSPS) is 10.4. The summed E-state index contributed by atoms with van der Waals surface area (Å²) in [5, 5.41) is 5.58. The van der Waals surface area contributed by atoms with E-state index >= 15 is 0 Å². The van der Waals surface area contributed by atoms with Crippen LogP contribution in [0, 0.1) is 6.92 Å². The third-order valence-corrected chi connectivity index (χ3v) is 5.06. The van der Waals surface area contributed by atoms with E-state index in [2.05, 4.69) is 10.3 Å². The van der Waals surface area contributed by atoms with Crippen LogP contribution >= 0.6 is 11.3 Å². The summed E-state index contributed by atoms with van der Waals surface area (Å²) >= 11 is 1.50. The van der Waals surface area contributed by atoms with E-state index in [9.17, 15) is 9.59 Å². The van der Waals surface area contributed by atoms with E-state index in [0.29, 0.717) is 29.8 Å². The van der Waals surface area contributed by atoms with Crippen LogP contribution < -0.4 is 10.1 Å². The van der Waals surface area contributed by atoms with E-state index in [4.69, 9.17) is 9.47 Å². The Labute approximate surface area is 173 Å². The molecule has 0 unspecified atom stereocenters. The number of ether oxygens (including phenoxy) is 2. The Morgan fingerprint density at radius 3 is 2.55 bits per heavy atom. The fraction of sp³-hybridized carbons (Fsp3) is 0.227. The lowest BCUT2D eigenvalue weighted by atomic mass is 10.1. The van der Waals surface area contributed by atoms with Crippen LogP contribution in [-0.4, -0.2) is 24.0 Å². The van der Waals surface area contributed by atoms with Crippen molar-refractivity contribution in [1.29, 1.82) is 0 Å². The summed E-state index contributed by atoms with van der Waals surface area (Å²) in [4.78, 5) is 29.1. The number of rotatable bonds is 8. The van der Waals surface area contributed by atoms with Gasteiger partial charge in [-0.3, -0.25) is 4.79 Å². The van der Waals surface area contributed by atoms with E-state index in [1.54, 1.807) is 31.4 Å². The summed E-state index contributed by atoms with van der Waals surface area (Å²) in [6, 6.07) is 14.4. The Hall–Kier alpha value is -3.19. The largest absolute Gasteiger partial charge is 0.497 e. The van der Waals surface area contributed by atoms with Gasteiger partial charge >= 0.3 is 5.97 Å². The third-order valence-electron chi connectivity index (χ3n) is 4.24. The van der Waals surface area contributed by atoms with Crippen molar-refractivity contribution < 1.29 is 19.1 Å². The standard InChI is InChI=1S/C22H22N2O4S/c1-15-23-17(14-29-15)13-28-22(26)19-5-3-4-6-20(19)24-21(25)12-9-16-7-10-18(27-2)11-8-16/h3-8,10-11,14H,9,12-13H2,1-2H3,(H,24,25). The summed E-state index contributed by atoms with van der Waals surface area (Å²) in [6.45, 7) is 2.00. The van der Waals surface area contributed by atoms with Crippen LogP contribution in [-0.2, 0) is 22.6 Å². The third kappa shape index (κ3) is 5.89. The molecule has 0 spiro atoms. The molecule has 2 aromatic carbocycles. The van der Waals surface area contributed by atoms with Crippen molar-refractivity contribution in [3.05, 3.63) is 75.7 Å². The lowest BCUT2D eigenvalue weighted by Crippen LogP contribution is -2.16. The quantitative estimate of drug-likeness (QED) is 0.558. The van der Waals surface area contributed by atoms with Crippen molar-refractivity contribution in [2.24, 2.45) is 0 Å². The number of esters is 1. The second-order valence-electron chi connectivity index (χ2n) is 6.38. The lowest BCUT2D eigenvalue weighted by Gasteiger charge is -2.11. The Kier molecular flexibility index (Phi) is 6.97. The highest BCUT2D eigenvalue weighted by atomic mass is 32.1. The molecule has 0 aliphatic rings. The maximum absolute atomic E-state index is 12.5. The summed E-state index contributed by atoms with van der Waals surface area (Å²) in [5.74, 6) is 0.108. The van der Waals surface area contributed by atoms with Crippen LogP contribution in [0.25, 0.3) is 0 Å². The van der Waals surface area contributed by atoms with Gasteiger partial charge in [0.2, 0.25) is 5.91 Å². The number of carbonyl (C=O) groups excluding carboxylic acids is 2. The van der Waals surface area contributed by atoms with Crippen LogP contribution in [0.1, 0.15) is 33.0 Å². The molecule has 150 valence electrons. The summed E-state index contributed by atoms with van der Waals surface area (Å²) in [5.41, 5.74) is 2.50. The number of thiazole rings is 1. The van der Waals surface area contributed by atoms with Gasteiger partial charge in [-0.25, -0.2) is 9.78 Å². The molecule has 1 heterocycles. The number of amides is 1. The number of hydrogen-bond acceptors (Lipinski definition) is 6. The monoisotopic (exact) mass is 410 g/mol. The maximum atomic E-state index is 12.5. The van der Waals surface area contributed by atoms with E-state index in [1.165, 1.54) is 11.3 Å². The van der Waals surface area contributed by atoms with Gasteiger partial charge in [-0.2, -0.15) is 0 Å². The molecule has 1 amide bonds. The smallest absolute Gasteiger partial charge is 0.340 e. The van der Waals surface area contributed by atoms with Gasteiger partial charge in [0.15, 0.2) is 0 Å². The number of anilines is 1. The molecule has 0 bridgehead atoms. The van der Waals surface area contributed by atoms with Crippen LogP contribution in [0.15, 0.2) is 53.9 Å². The number of hydrogen-bond donors (Lipinski definition) is 1. The van der Waals surface area contributed by atoms with E-state index in [0.717, 1.165) is 16.3 Å². The Bertz CT molecular complexity index is 982. The molecular weight excluding hydrogens is 388 g/mol. The predicted molar refractivity (Wildman–Crippen MR) is 112 cm³/mol. The minimum atomic E-state index is -0.498. The Morgan fingerprint density at radius 2 is 1.86 bits per heavy atom. The van der Waals surface area contributed by atoms with Crippen LogP contribution in [0.5, 0.6) is 5.75 Å². The van der Waals surface area contributed by atoms with Gasteiger partial charge in [0.25, 0.3) is 0 Å². The zero-order valence-electron chi connectivity index (χ0n) is 16.3.